The largest absolute Gasteiger partial charge is 0.374 e. The third-order valence-electron chi connectivity index (χ3n) is 2.40. The maximum absolute atomic E-state index is 11.3. The second-order valence-corrected chi connectivity index (χ2v) is 3.84. The van der Waals surface area contributed by atoms with Crippen LogP contribution in [0.5, 0.6) is 0 Å². The van der Waals surface area contributed by atoms with E-state index < -0.39 is 0 Å². The molecule has 5 heteroatoms. The molecule has 0 bridgehead atoms. The van der Waals surface area contributed by atoms with Crippen LogP contribution in [0.2, 0.25) is 0 Å². The Labute approximate surface area is 91.2 Å². The van der Waals surface area contributed by atoms with Gasteiger partial charge in [-0.05, 0) is 13.6 Å². The molecule has 0 aromatic heterocycles. The minimum absolute atomic E-state index is 0.0358. The van der Waals surface area contributed by atoms with E-state index in [4.69, 9.17) is 4.74 Å². The van der Waals surface area contributed by atoms with E-state index in [0.29, 0.717) is 13.1 Å². The van der Waals surface area contributed by atoms with Crippen molar-refractivity contribution in [2.24, 2.45) is 0 Å². The van der Waals surface area contributed by atoms with Crippen molar-refractivity contribution >= 4 is 5.91 Å². The number of carbonyl (C=O) groups excluding carboxylic acids is 1. The fourth-order valence-electron chi connectivity index (χ4n) is 1.52. The van der Waals surface area contributed by atoms with Crippen molar-refractivity contribution < 1.29 is 9.53 Å². The zero-order chi connectivity index (χ0) is 11.1. The van der Waals surface area contributed by atoms with Crippen LogP contribution < -0.4 is 10.6 Å². The van der Waals surface area contributed by atoms with Crippen molar-refractivity contribution in [1.82, 2.24) is 15.5 Å². The molecule has 0 aromatic rings. The van der Waals surface area contributed by atoms with E-state index in [1.807, 2.05) is 6.92 Å². The van der Waals surface area contributed by atoms with Gasteiger partial charge in [0.15, 0.2) is 0 Å². The molecule has 1 unspecified atom stereocenters. The Hall–Kier alpha value is -0.650. The maximum atomic E-state index is 11.3. The average molecular weight is 215 g/mol. The lowest BCUT2D eigenvalue weighted by atomic mass is 10.3. The van der Waals surface area contributed by atoms with Crippen LogP contribution in [-0.4, -0.2) is 63.3 Å². The Kier molecular flexibility index (Phi) is 5.60. The molecule has 0 aliphatic carbocycles. The number of carbonyl (C=O) groups is 1. The minimum atomic E-state index is 0.0358. The molecule has 15 heavy (non-hydrogen) atoms. The van der Waals surface area contributed by atoms with Gasteiger partial charge in [0.05, 0.1) is 19.3 Å². The first kappa shape index (κ1) is 12.4. The van der Waals surface area contributed by atoms with E-state index in [2.05, 4.69) is 22.6 Å². The molecule has 0 spiro atoms. The third kappa shape index (κ3) is 5.11. The van der Waals surface area contributed by atoms with E-state index >= 15 is 0 Å². The number of hydrogen-bond donors (Lipinski definition) is 2. The number of rotatable bonds is 5. The number of ether oxygens (including phenoxy) is 1. The van der Waals surface area contributed by atoms with Crippen molar-refractivity contribution in [3.63, 3.8) is 0 Å². The number of nitrogens with zero attached hydrogens (tertiary/aromatic N) is 1. The number of amides is 1. The molecule has 1 saturated heterocycles. The van der Waals surface area contributed by atoms with Gasteiger partial charge in [0, 0.05) is 19.6 Å². The highest BCUT2D eigenvalue weighted by atomic mass is 16.5. The number of nitrogens with one attached hydrogen (secondary N) is 2. The molecule has 0 radical (unpaired) electrons. The predicted octanol–water partition coefficient (Wildman–Crippen LogP) is -0.957. The van der Waals surface area contributed by atoms with Gasteiger partial charge in [0.2, 0.25) is 5.91 Å². The van der Waals surface area contributed by atoms with E-state index in [-0.39, 0.29) is 12.0 Å². The molecular weight excluding hydrogens is 194 g/mol. The molecule has 1 fully saturated rings. The topological polar surface area (TPSA) is 53.6 Å². The lowest BCUT2D eigenvalue weighted by Crippen LogP contribution is -2.47. The standard InChI is InChI=1S/C10H21N3O2/c1-3-11-7-10(14)12-6-9-8-13(2)4-5-15-9/h9,11H,3-8H2,1-2H3,(H,12,14). The zero-order valence-electron chi connectivity index (χ0n) is 9.58. The Morgan fingerprint density at radius 1 is 1.60 bits per heavy atom. The normalized spacial score (nSPS) is 22.7. The summed E-state index contributed by atoms with van der Waals surface area (Å²) in [5.74, 6) is 0.0358. The average Bonchev–Trinajstić information content (AvgIpc) is 2.23. The van der Waals surface area contributed by atoms with E-state index in [0.717, 1.165) is 26.2 Å². The quantitative estimate of drug-likeness (QED) is 0.620. The molecule has 5 nitrogen and oxygen atoms in total. The molecule has 1 atom stereocenters. The molecule has 88 valence electrons. The summed E-state index contributed by atoms with van der Waals surface area (Å²) in [6, 6.07) is 0. The summed E-state index contributed by atoms with van der Waals surface area (Å²) in [6.45, 7) is 6.41. The van der Waals surface area contributed by atoms with Gasteiger partial charge < -0.3 is 20.3 Å². The van der Waals surface area contributed by atoms with Crippen LogP contribution in [0, 0.1) is 0 Å². The second kappa shape index (κ2) is 6.76. The van der Waals surface area contributed by atoms with Crippen LogP contribution in [0.4, 0.5) is 0 Å². The Bertz CT molecular complexity index is 199. The van der Waals surface area contributed by atoms with Crippen LogP contribution >= 0.6 is 0 Å². The summed E-state index contributed by atoms with van der Waals surface area (Å²) in [6.07, 6.45) is 0.134. The molecule has 1 aliphatic rings. The maximum Gasteiger partial charge on any atom is 0.234 e. The second-order valence-electron chi connectivity index (χ2n) is 3.84. The molecule has 0 aromatic carbocycles. The van der Waals surface area contributed by atoms with Crippen molar-refractivity contribution in [2.75, 3.05) is 46.4 Å². The van der Waals surface area contributed by atoms with Gasteiger partial charge in [0.1, 0.15) is 0 Å². The van der Waals surface area contributed by atoms with Gasteiger partial charge in [-0.2, -0.15) is 0 Å². The fraction of sp³-hybridized carbons (Fsp3) is 0.900. The van der Waals surface area contributed by atoms with Gasteiger partial charge in [-0.1, -0.05) is 6.92 Å². The van der Waals surface area contributed by atoms with Crippen LogP contribution in [0.3, 0.4) is 0 Å². The van der Waals surface area contributed by atoms with Gasteiger partial charge in [-0.25, -0.2) is 0 Å². The van der Waals surface area contributed by atoms with E-state index in [1.54, 1.807) is 0 Å². The van der Waals surface area contributed by atoms with Crippen LogP contribution in [-0.2, 0) is 9.53 Å². The van der Waals surface area contributed by atoms with Gasteiger partial charge in [-0.3, -0.25) is 4.79 Å². The summed E-state index contributed by atoms with van der Waals surface area (Å²) >= 11 is 0. The molecular formula is C10H21N3O2. The van der Waals surface area contributed by atoms with Crippen molar-refractivity contribution in [1.29, 1.82) is 0 Å². The summed E-state index contributed by atoms with van der Waals surface area (Å²) in [5, 5.41) is 5.84. The predicted molar refractivity (Wildman–Crippen MR) is 58.8 cm³/mol. The van der Waals surface area contributed by atoms with Crippen LogP contribution in [0.25, 0.3) is 0 Å². The number of likely N-dealkylation sites (N-methyl/N-ethyl adjacent to an activating group) is 2. The summed E-state index contributed by atoms with van der Waals surface area (Å²) in [4.78, 5) is 13.5. The first-order chi connectivity index (χ1) is 7.22. The van der Waals surface area contributed by atoms with Gasteiger partial charge >= 0.3 is 0 Å². The molecule has 1 amide bonds. The first-order valence-electron chi connectivity index (χ1n) is 5.50. The first-order valence-corrected chi connectivity index (χ1v) is 5.50. The van der Waals surface area contributed by atoms with Crippen LogP contribution in [0.1, 0.15) is 6.92 Å². The van der Waals surface area contributed by atoms with Crippen molar-refractivity contribution in [3.05, 3.63) is 0 Å². The molecule has 1 heterocycles. The highest BCUT2D eigenvalue weighted by Crippen LogP contribution is 2.01. The zero-order valence-corrected chi connectivity index (χ0v) is 9.58. The smallest absolute Gasteiger partial charge is 0.234 e. The monoisotopic (exact) mass is 215 g/mol. The van der Waals surface area contributed by atoms with Gasteiger partial charge in [-0.15, -0.1) is 0 Å². The Balaban J connectivity index is 2.10. The SMILES string of the molecule is CCNCC(=O)NCC1CN(C)CCO1. The molecule has 2 N–H and O–H groups in total. The van der Waals surface area contributed by atoms with Crippen molar-refractivity contribution in [3.8, 4) is 0 Å². The molecule has 1 aliphatic heterocycles. The highest BCUT2D eigenvalue weighted by molar-refractivity contribution is 5.77. The third-order valence-corrected chi connectivity index (χ3v) is 2.40. The summed E-state index contributed by atoms with van der Waals surface area (Å²) in [5.41, 5.74) is 0. The fourth-order valence-corrected chi connectivity index (χ4v) is 1.52. The van der Waals surface area contributed by atoms with Crippen LogP contribution in [0.15, 0.2) is 0 Å². The van der Waals surface area contributed by atoms with E-state index in [9.17, 15) is 4.79 Å². The number of hydrogen-bond acceptors (Lipinski definition) is 4. The van der Waals surface area contributed by atoms with Crippen molar-refractivity contribution in [2.45, 2.75) is 13.0 Å². The number of morpholine rings is 1. The summed E-state index contributed by atoms with van der Waals surface area (Å²) in [7, 11) is 2.07. The lowest BCUT2D eigenvalue weighted by Gasteiger charge is -2.30. The molecule has 0 saturated carbocycles. The Morgan fingerprint density at radius 2 is 2.40 bits per heavy atom. The summed E-state index contributed by atoms with van der Waals surface area (Å²) < 4.78 is 5.53. The minimum Gasteiger partial charge on any atom is -0.374 e. The van der Waals surface area contributed by atoms with E-state index in [1.165, 1.54) is 0 Å². The molecule has 1 rings (SSSR count). The Morgan fingerprint density at radius 3 is 3.07 bits per heavy atom. The van der Waals surface area contributed by atoms with Gasteiger partial charge in [0.25, 0.3) is 0 Å². The lowest BCUT2D eigenvalue weighted by molar-refractivity contribution is -0.121. The highest BCUT2D eigenvalue weighted by Gasteiger charge is 2.17.